The number of pyridine rings is 1. The fraction of sp³-hybridized carbons (Fsp3) is 0.200. The molecule has 1 aromatic carbocycles. The number of carbonyl (C=O) groups is 1. The molecule has 0 unspecified atom stereocenters. The molecule has 2 aromatic rings. The van der Waals surface area contributed by atoms with Crippen LogP contribution < -0.4 is 4.72 Å². The van der Waals surface area contributed by atoms with E-state index in [1.807, 2.05) is 0 Å². The minimum atomic E-state index is -3.96. The van der Waals surface area contributed by atoms with Crippen LogP contribution in [-0.2, 0) is 20.2 Å². The molecular formula is C15H12Cl2N2O3S. The number of hydrogen-bond donors (Lipinski definition) is 1. The van der Waals surface area contributed by atoms with E-state index in [-0.39, 0.29) is 4.90 Å². The number of aromatic nitrogens is 1. The number of sulfonamides is 1. The van der Waals surface area contributed by atoms with Crippen molar-refractivity contribution >= 4 is 39.1 Å². The quantitative estimate of drug-likeness (QED) is 0.897. The number of benzene rings is 1. The Labute approximate surface area is 143 Å². The summed E-state index contributed by atoms with van der Waals surface area (Å²) >= 11 is 12.0. The molecule has 1 amide bonds. The summed E-state index contributed by atoms with van der Waals surface area (Å²) in [5.41, 5.74) is -0.334. The molecule has 1 saturated carbocycles. The summed E-state index contributed by atoms with van der Waals surface area (Å²) < 4.78 is 26.6. The van der Waals surface area contributed by atoms with Gasteiger partial charge in [0, 0.05) is 22.4 Å². The van der Waals surface area contributed by atoms with Gasteiger partial charge < -0.3 is 0 Å². The van der Waals surface area contributed by atoms with E-state index in [1.54, 1.807) is 18.2 Å². The highest BCUT2D eigenvalue weighted by Gasteiger charge is 2.53. The lowest BCUT2D eigenvalue weighted by molar-refractivity contribution is -0.121. The van der Waals surface area contributed by atoms with Crippen LogP contribution in [0.15, 0.2) is 47.6 Å². The maximum absolute atomic E-state index is 12.6. The molecule has 1 aromatic heterocycles. The average molecular weight is 371 g/mol. The number of amides is 1. The second kappa shape index (κ2) is 5.78. The molecule has 120 valence electrons. The molecule has 8 heteroatoms. The zero-order valence-corrected chi connectivity index (χ0v) is 14.1. The van der Waals surface area contributed by atoms with E-state index in [9.17, 15) is 13.2 Å². The van der Waals surface area contributed by atoms with E-state index in [1.165, 1.54) is 24.5 Å². The summed E-state index contributed by atoms with van der Waals surface area (Å²) in [6.07, 6.45) is 3.70. The van der Waals surface area contributed by atoms with Crippen molar-refractivity contribution in [3.8, 4) is 0 Å². The number of nitrogens with one attached hydrogen (secondary N) is 1. The smallest absolute Gasteiger partial charge is 0.265 e. The third-order valence-corrected chi connectivity index (χ3v) is 5.67. The zero-order chi connectivity index (χ0) is 16.7. The van der Waals surface area contributed by atoms with E-state index >= 15 is 0 Å². The second-order valence-corrected chi connectivity index (χ2v) is 7.86. The Bertz CT molecular complexity index is 866. The van der Waals surface area contributed by atoms with Gasteiger partial charge in [-0.15, -0.1) is 0 Å². The minimum absolute atomic E-state index is 0.0636. The summed E-state index contributed by atoms with van der Waals surface area (Å²) in [6, 6.07) is 7.69. The van der Waals surface area contributed by atoms with E-state index < -0.39 is 21.3 Å². The Balaban J connectivity index is 1.89. The maximum atomic E-state index is 12.6. The molecule has 0 atom stereocenters. The third kappa shape index (κ3) is 3.06. The van der Waals surface area contributed by atoms with Gasteiger partial charge in [0.2, 0.25) is 5.91 Å². The van der Waals surface area contributed by atoms with Crippen molar-refractivity contribution in [1.29, 1.82) is 0 Å². The first-order valence-electron chi connectivity index (χ1n) is 6.78. The summed E-state index contributed by atoms with van der Waals surface area (Å²) in [6.45, 7) is 0. The van der Waals surface area contributed by atoms with E-state index in [0.717, 1.165) is 0 Å². The number of rotatable bonds is 4. The minimum Gasteiger partial charge on any atom is -0.273 e. The van der Waals surface area contributed by atoms with Crippen LogP contribution >= 0.6 is 23.2 Å². The lowest BCUT2D eigenvalue weighted by Crippen LogP contribution is -2.39. The van der Waals surface area contributed by atoms with Gasteiger partial charge in [0.05, 0.1) is 5.41 Å². The highest BCUT2D eigenvalue weighted by Crippen LogP contribution is 2.51. The maximum Gasteiger partial charge on any atom is 0.265 e. The molecule has 0 aliphatic heterocycles. The molecule has 0 spiro atoms. The first-order valence-corrected chi connectivity index (χ1v) is 9.02. The Morgan fingerprint density at radius 1 is 1.22 bits per heavy atom. The molecule has 1 aliphatic carbocycles. The van der Waals surface area contributed by atoms with Crippen molar-refractivity contribution < 1.29 is 13.2 Å². The number of nitrogens with zero attached hydrogens (tertiary/aromatic N) is 1. The Hall–Kier alpha value is -1.63. The summed E-state index contributed by atoms with van der Waals surface area (Å²) in [5, 5.41) is 0.807. The average Bonchev–Trinajstić information content (AvgIpc) is 3.29. The molecule has 0 saturated heterocycles. The van der Waals surface area contributed by atoms with Crippen LogP contribution in [0.2, 0.25) is 10.0 Å². The third-order valence-electron chi connectivity index (χ3n) is 3.80. The van der Waals surface area contributed by atoms with Gasteiger partial charge >= 0.3 is 0 Å². The van der Waals surface area contributed by atoms with Gasteiger partial charge in [0.15, 0.2) is 0 Å². The van der Waals surface area contributed by atoms with Crippen molar-refractivity contribution in [1.82, 2.24) is 9.71 Å². The highest BCUT2D eigenvalue weighted by atomic mass is 35.5. The lowest BCUT2D eigenvalue weighted by Gasteiger charge is -2.17. The molecule has 23 heavy (non-hydrogen) atoms. The zero-order valence-electron chi connectivity index (χ0n) is 11.8. The van der Waals surface area contributed by atoms with E-state index in [4.69, 9.17) is 23.2 Å². The predicted molar refractivity (Wildman–Crippen MR) is 86.9 cm³/mol. The van der Waals surface area contributed by atoms with Gasteiger partial charge in [-0.3, -0.25) is 9.78 Å². The van der Waals surface area contributed by atoms with Crippen molar-refractivity contribution in [2.45, 2.75) is 23.2 Å². The summed E-state index contributed by atoms with van der Waals surface area (Å²) in [7, 11) is -3.96. The lowest BCUT2D eigenvalue weighted by atomic mass is 9.95. The van der Waals surface area contributed by atoms with Crippen LogP contribution in [0.5, 0.6) is 0 Å². The Morgan fingerprint density at radius 3 is 2.52 bits per heavy atom. The standard InChI is InChI=1S/C15H12Cl2N2O3S/c16-10-3-4-12(13(17)8-10)15(5-6-15)14(20)19-23(21,22)11-2-1-7-18-9-11/h1-4,7-9H,5-6H2,(H,19,20). The van der Waals surface area contributed by atoms with Gasteiger partial charge in [-0.2, -0.15) is 0 Å². The van der Waals surface area contributed by atoms with Crippen LogP contribution in [-0.4, -0.2) is 19.3 Å². The topological polar surface area (TPSA) is 76.1 Å². The van der Waals surface area contributed by atoms with Crippen molar-refractivity contribution in [3.05, 3.63) is 58.3 Å². The largest absolute Gasteiger partial charge is 0.273 e. The normalized spacial score (nSPS) is 15.9. The van der Waals surface area contributed by atoms with Crippen LogP contribution in [0.1, 0.15) is 18.4 Å². The molecular weight excluding hydrogens is 359 g/mol. The first-order chi connectivity index (χ1) is 10.8. The van der Waals surface area contributed by atoms with Gasteiger partial charge in [-0.05, 0) is 42.7 Å². The summed E-state index contributed by atoms with van der Waals surface area (Å²) in [4.78, 5) is 16.2. The highest BCUT2D eigenvalue weighted by molar-refractivity contribution is 7.90. The van der Waals surface area contributed by atoms with Crippen LogP contribution in [0.25, 0.3) is 0 Å². The van der Waals surface area contributed by atoms with Crippen molar-refractivity contribution in [3.63, 3.8) is 0 Å². The number of carbonyl (C=O) groups excluding carboxylic acids is 1. The fourth-order valence-corrected chi connectivity index (χ4v) is 4.01. The molecule has 1 heterocycles. The molecule has 0 radical (unpaired) electrons. The SMILES string of the molecule is O=C(NS(=O)(=O)c1cccnc1)C1(c2ccc(Cl)cc2Cl)CC1. The van der Waals surface area contributed by atoms with Gasteiger partial charge in [0.1, 0.15) is 4.90 Å². The molecule has 1 N–H and O–H groups in total. The van der Waals surface area contributed by atoms with Gasteiger partial charge in [0.25, 0.3) is 10.0 Å². The van der Waals surface area contributed by atoms with Gasteiger partial charge in [-0.1, -0.05) is 29.3 Å². The number of halogens is 2. The molecule has 1 fully saturated rings. The fourth-order valence-electron chi connectivity index (χ4n) is 2.41. The second-order valence-electron chi connectivity index (χ2n) is 5.33. The monoisotopic (exact) mass is 370 g/mol. The van der Waals surface area contributed by atoms with Crippen LogP contribution in [0, 0.1) is 0 Å². The van der Waals surface area contributed by atoms with Crippen LogP contribution in [0.3, 0.4) is 0 Å². The molecule has 3 rings (SSSR count). The first kappa shape index (κ1) is 16.2. The molecule has 5 nitrogen and oxygen atoms in total. The number of hydrogen-bond acceptors (Lipinski definition) is 4. The Kier molecular flexibility index (Phi) is 4.08. The van der Waals surface area contributed by atoms with Crippen molar-refractivity contribution in [2.24, 2.45) is 0 Å². The van der Waals surface area contributed by atoms with E-state index in [2.05, 4.69) is 9.71 Å². The predicted octanol–water partition coefficient (Wildman–Crippen LogP) is 2.93. The molecule has 1 aliphatic rings. The van der Waals surface area contributed by atoms with Crippen molar-refractivity contribution in [2.75, 3.05) is 0 Å². The van der Waals surface area contributed by atoms with E-state index in [0.29, 0.717) is 28.5 Å². The Morgan fingerprint density at radius 2 is 1.96 bits per heavy atom. The summed E-state index contributed by atoms with van der Waals surface area (Å²) in [5.74, 6) is -0.592. The van der Waals surface area contributed by atoms with Crippen LogP contribution in [0.4, 0.5) is 0 Å². The van der Waals surface area contributed by atoms with Gasteiger partial charge in [-0.25, -0.2) is 13.1 Å². The molecule has 0 bridgehead atoms.